The molecule has 0 aromatic carbocycles. The van der Waals surface area contributed by atoms with Crippen LogP contribution in [0.25, 0.3) is 5.65 Å². The molecule has 1 saturated heterocycles. The predicted molar refractivity (Wildman–Crippen MR) is 78.9 cm³/mol. The number of hydrogen-bond donors (Lipinski definition) is 0. The first-order valence-corrected chi connectivity index (χ1v) is 7.58. The molecule has 0 unspecified atom stereocenters. The van der Waals surface area contributed by atoms with E-state index in [2.05, 4.69) is 30.3 Å². The van der Waals surface area contributed by atoms with Crippen LogP contribution in [0, 0.1) is 0 Å². The van der Waals surface area contributed by atoms with Gasteiger partial charge in [-0.2, -0.15) is 9.50 Å². The van der Waals surface area contributed by atoms with Crippen LogP contribution in [0.3, 0.4) is 0 Å². The minimum Gasteiger partial charge on any atom is -0.480 e. The van der Waals surface area contributed by atoms with Crippen LogP contribution < -0.4 is 4.74 Å². The Morgan fingerprint density at radius 3 is 2.87 bits per heavy atom. The second kappa shape index (κ2) is 5.92. The van der Waals surface area contributed by atoms with Crippen LogP contribution in [0.1, 0.15) is 30.5 Å². The van der Waals surface area contributed by atoms with E-state index in [9.17, 15) is 0 Å². The van der Waals surface area contributed by atoms with E-state index in [1.165, 1.54) is 6.33 Å². The van der Waals surface area contributed by atoms with E-state index in [-0.39, 0.29) is 0 Å². The Morgan fingerprint density at radius 2 is 2.13 bits per heavy atom. The van der Waals surface area contributed by atoms with Gasteiger partial charge in [-0.15, -0.1) is 15.3 Å². The van der Waals surface area contributed by atoms with Gasteiger partial charge in [0.15, 0.2) is 17.8 Å². The summed E-state index contributed by atoms with van der Waals surface area (Å²) in [4.78, 5) is 6.38. The summed E-state index contributed by atoms with van der Waals surface area (Å²) in [5, 5.41) is 16.6. The Balaban J connectivity index is 1.47. The van der Waals surface area contributed by atoms with Crippen molar-refractivity contribution in [1.82, 2.24) is 34.9 Å². The van der Waals surface area contributed by atoms with Crippen LogP contribution in [0.4, 0.5) is 0 Å². The minimum atomic E-state index is 0.337. The van der Waals surface area contributed by atoms with Gasteiger partial charge in [-0.05, 0) is 32.0 Å². The third-order valence-electron chi connectivity index (χ3n) is 4.19. The first kappa shape index (κ1) is 14.1. The van der Waals surface area contributed by atoms with Crippen molar-refractivity contribution in [2.45, 2.75) is 25.3 Å². The lowest BCUT2D eigenvalue weighted by Crippen LogP contribution is -2.33. The van der Waals surface area contributed by atoms with Gasteiger partial charge >= 0.3 is 0 Å². The number of likely N-dealkylation sites (tertiary alicyclic amines) is 1. The second-order valence-corrected chi connectivity index (χ2v) is 5.59. The van der Waals surface area contributed by atoms with Crippen molar-refractivity contribution in [2.24, 2.45) is 0 Å². The third-order valence-corrected chi connectivity index (χ3v) is 4.19. The number of methoxy groups -OCH3 is 1. The van der Waals surface area contributed by atoms with E-state index in [4.69, 9.17) is 9.26 Å². The molecule has 9 nitrogen and oxygen atoms in total. The number of ether oxygens (including phenoxy) is 1. The van der Waals surface area contributed by atoms with Gasteiger partial charge in [0.25, 0.3) is 0 Å². The lowest BCUT2D eigenvalue weighted by molar-refractivity contribution is 0.178. The van der Waals surface area contributed by atoms with Crippen molar-refractivity contribution in [1.29, 1.82) is 0 Å². The van der Waals surface area contributed by atoms with E-state index in [0.29, 0.717) is 24.2 Å². The monoisotopic (exact) mass is 315 g/mol. The SMILES string of the molecule is COc1ccc2nnc(C3CCN(Cc4ncno4)CC3)n2n1. The second-order valence-electron chi connectivity index (χ2n) is 5.59. The van der Waals surface area contributed by atoms with Crippen molar-refractivity contribution < 1.29 is 9.26 Å². The fourth-order valence-electron chi connectivity index (χ4n) is 2.96. The Bertz CT molecular complexity index is 778. The molecule has 4 heterocycles. The molecule has 0 spiro atoms. The molecule has 3 aromatic rings. The minimum absolute atomic E-state index is 0.337. The van der Waals surface area contributed by atoms with Crippen LogP contribution in [-0.4, -0.2) is 55.1 Å². The summed E-state index contributed by atoms with van der Waals surface area (Å²) in [7, 11) is 1.61. The van der Waals surface area contributed by atoms with E-state index >= 15 is 0 Å². The maximum Gasteiger partial charge on any atom is 0.240 e. The molecule has 9 heteroatoms. The summed E-state index contributed by atoms with van der Waals surface area (Å²) in [5.74, 6) is 2.45. The van der Waals surface area contributed by atoms with Gasteiger partial charge in [-0.25, -0.2) is 0 Å². The molecule has 120 valence electrons. The molecule has 0 bridgehead atoms. The highest BCUT2D eigenvalue weighted by Crippen LogP contribution is 2.27. The number of piperidine rings is 1. The molecule has 23 heavy (non-hydrogen) atoms. The molecule has 0 atom stereocenters. The maximum absolute atomic E-state index is 5.19. The van der Waals surface area contributed by atoms with Gasteiger partial charge in [-0.3, -0.25) is 4.90 Å². The lowest BCUT2D eigenvalue weighted by Gasteiger charge is -2.29. The molecule has 1 aliphatic heterocycles. The Kier molecular flexibility index (Phi) is 3.62. The lowest BCUT2D eigenvalue weighted by atomic mass is 9.96. The fourth-order valence-corrected chi connectivity index (χ4v) is 2.96. The Hall–Kier alpha value is -2.55. The average Bonchev–Trinajstić information content (AvgIpc) is 3.24. The summed E-state index contributed by atoms with van der Waals surface area (Å²) in [5.41, 5.74) is 0.745. The van der Waals surface area contributed by atoms with Gasteiger partial charge in [-0.1, -0.05) is 5.16 Å². The van der Waals surface area contributed by atoms with Crippen LogP contribution in [-0.2, 0) is 6.54 Å². The molecule has 3 aromatic heterocycles. The molecule has 1 aliphatic rings. The first-order chi connectivity index (χ1) is 11.3. The van der Waals surface area contributed by atoms with E-state index in [1.807, 2.05) is 6.07 Å². The zero-order chi connectivity index (χ0) is 15.6. The van der Waals surface area contributed by atoms with Gasteiger partial charge in [0.1, 0.15) is 0 Å². The summed E-state index contributed by atoms with van der Waals surface area (Å²) >= 11 is 0. The topological polar surface area (TPSA) is 94.5 Å². The standard InChI is InChI=1S/C14H17N7O2/c1-22-12-3-2-11-17-18-14(21(11)19-12)10-4-6-20(7-5-10)8-13-15-9-16-23-13/h2-3,9-10H,4-8H2,1H3. The maximum atomic E-state index is 5.19. The summed E-state index contributed by atoms with van der Waals surface area (Å²) in [6.07, 6.45) is 3.42. The van der Waals surface area contributed by atoms with E-state index in [0.717, 1.165) is 37.4 Å². The van der Waals surface area contributed by atoms with Crippen LogP contribution >= 0.6 is 0 Å². The summed E-state index contributed by atoms with van der Waals surface area (Å²) in [6.45, 7) is 2.59. The van der Waals surface area contributed by atoms with Crippen LogP contribution in [0.15, 0.2) is 23.0 Å². The van der Waals surface area contributed by atoms with Crippen molar-refractivity contribution >= 4 is 5.65 Å². The van der Waals surface area contributed by atoms with E-state index in [1.54, 1.807) is 17.7 Å². The Labute approximate surface area is 132 Å². The molecule has 0 amide bonds. The van der Waals surface area contributed by atoms with E-state index < -0.39 is 0 Å². The van der Waals surface area contributed by atoms with Gasteiger partial charge in [0.2, 0.25) is 11.8 Å². The highest BCUT2D eigenvalue weighted by Gasteiger charge is 2.26. The normalized spacial score (nSPS) is 16.9. The summed E-state index contributed by atoms with van der Waals surface area (Å²) < 4.78 is 12.0. The molecule has 4 rings (SSSR count). The predicted octanol–water partition coefficient (Wildman–Crippen LogP) is 0.895. The number of aromatic nitrogens is 6. The molecule has 1 fully saturated rings. The molecular formula is C14H17N7O2. The molecule has 0 N–H and O–H groups in total. The zero-order valence-electron chi connectivity index (χ0n) is 12.8. The van der Waals surface area contributed by atoms with Gasteiger partial charge < -0.3 is 9.26 Å². The highest BCUT2D eigenvalue weighted by atomic mass is 16.5. The van der Waals surface area contributed by atoms with Crippen molar-refractivity contribution in [3.8, 4) is 5.88 Å². The summed E-state index contributed by atoms with van der Waals surface area (Å²) in [6, 6.07) is 3.66. The Morgan fingerprint density at radius 1 is 1.26 bits per heavy atom. The fraction of sp³-hybridized carbons (Fsp3) is 0.500. The first-order valence-electron chi connectivity index (χ1n) is 7.58. The van der Waals surface area contributed by atoms with Crippen molar-refractivity contribution in [3.63, 3.8) is 0 Å². The molecule has 0 aliphatic carbocycles. The third kappa shape index (κ3) is 2.74. The quantitative estimate of drug-likeness (QED) is 0.701. The largest absolute Gasteiger partial charge is 0.480 e. The highest BCUT2D eigenvalue weighted by molar-refractivity contribution is 5.38. The van der Waals surface area contributed by atoms with Crippen molar-refractivity contribution in [2.75, 3.05) is 20.2 Å². The smallest absolute Gasteiger partial charge is 0.240 e. The molecule has 0 saturated carbocycles. The number of hydrogen-bond acceptors (Lipinski definition) is 8. The number of nitrogens with zero attached hydrogens (tertiary/aromatic N) is 7. The molecular weight excluding hydrogens is 298 g/mol. The van der Waals surface area contributed by atoms with Crippen molar-refractivity contribution in [3.05, 3.63) is 30.2 Å². The number of fused-ring (bicyclic) bond motifs is 1. The zero-order valence-corrected chi connectivity index (χ0v) is 12.8. The van der Waals surface area contributed by atoms with Crippen LogP contribution in [0.2, 0.25) is 0 Å². The van der Waals surface area contributed by atoms with Gasteiger partial charge in [0.05, 0.1) is 13.7 Å². The van der Waals surface area contributed by atoms with Crippen LogP contribution in [0.5, 0.6) is 5.88 Å². The average molecular weight is 315 g/mol. The molecule has 0 radical (unpaired) electrons. The number of rotatable bonds is 4. The van der Waals surface area contributed by atoms with Gasteiger partial charge in [0, 0.05) is 12.0 Å².